The summed E-state index contributed by atoms with van der Waals surface area (Å²) in [5, 5.41) is 0. The number of fused-ring (bicyclic) bond motifs is 1. The van der Waals surface area contributed by atoms with Crippen molar-refractivity contribution in [2.24, 2.45) is 11.7 Å². The van der Waals surface area contributed by atoms with E-state index in [1.807, 2.05) is 0 Å². The van der Waals surface area contributed by atoms with Crippen LogP contribution in [-0.4, -0.2) is 16.1 Å². The monoisotopic (exact) mass is 257 g/mol. The summed E-state index contributed by atoms with van der Waals surface area (Å²) >= 11 is 0. The maximum Gasteiger partial charge on any atom is 0.114 e. The number of imidazole rings is 1. The quantitative estimate of drug-likeness (QED) is 0.912. The van der Waals surface area contributed by atoms with Crippen LogP contribution in [0.4, 0.5) is 0 Å². The molecule has 1 unspecified atom stereocenters. The van der Waals surface area contributed by atoms with E-state index in [2.05, 4.69) is 43.5 Å². The van der Waals surface area contributed by atoms with E-state index in [4.69, 9.17) is 10.7 Å². The third kappa shape index (κ3) is 2.16. The lowest BCUT2D eigenvalue weighted by molar-refractivity contribution is 0.464. The van der Waals surface area contributed by atoms with E-state index in [1.54, 1.807) is 0 Å². The first-order valence-corrected chi connectivity index (χ1v) is 7.30. The minimum Gasteiger partial charge on any atom is -0.330 e. The highest BCUT2D eigenvalue weighted by atomic mass is 15.1. The van der Waals surface area contributed by atoms with Gasteiger partial charge in [-0.3, -0.25) is 0 Å². The van der Waals surface area contributed by atoms with Crippen LogP contribution in [0.5, 0.6) is 0 Å². The standard InChI is InChI=1S/C16H23N3/c1-10(2)13(9-17)16-18-14-8-11(3)4-7-15(14)19(16)12-5-6-12/h4,7-8,10,12-13H,5-6,9,17H2,1-3H3. The molecule has 1 heterocycles. The second-order valence-corrected chi connectivity index (χ2v) is 6.15. The predicted molar refractivity (Wildman–Crippen MR) is 79.4 cm³/mol. The number of aryl methyl sites for hydroxylation is 1. The van der Waals surface area contributed by atoms with E-state index in [0.717, 1.165) is 5.52 Å². The van der Waals surface area contributed by atoms with Crippen molar-refractivity contribution < 1.29 is 0 Å². The molecular formula is C16H23N3. The summed E-state index contributed by atoms with van der Waals surface area (Å²) in [7, 11) is 0. The summed E-state index contributed by atoms with van der Waals surface area (Å²) in [6.45, 7) is 7.27. The minimum atomic E-state index is 0.355. The first-order chi connectivity index (χ1) is 9.11. The van der Waals surface area contributed by atoms with Crippen LogP contribution < -0.4 is 5.73 Å². The second-order valence-electron chi connectivity index (χ2n) is 6.15. The molecule has 1 aromatic heterocycles. The summed E-state index contributed by atoms with van der Waals surface area (Å²) in [5.41, 5.74) is 9.67. The first kappa shape index (κ1) is 12.7. The highest BCUT2D eigenvalue weighted by Crippen LogP contribution is 2.41. The van der Waals surface area contributed by atoms with Gasteiger partial charge in [-0.1, -0.05) is 19.9 Å². The van der Waals surface area contributed by atoms with E-state index >= 15 is 0 Å². The smallest absolute Gasteiger partial charge is 0.114 e. The van der Waals surface area contributed by atoms with E-state index < -0.39 is 0 Å². The number of nitrogens with zero attached hydrogens (tertiary/aromatic N) is 2. The van der Waals surface area contributed by atoms with Crippen LogP contribution >= 0.6 is 0 Å². The second kappa shape index (κ2) is 4.64. The summed E-state index contributed by atoms with van der Waals surface area (Å²) in [6.07, 6.45) is 2.56. The third-order valence-electron chi connectivity index (χ3n) is 4.17. The van der Waals surface area contributed by atoms with Gasteiger partial charge < -0.3 is 10.3 Å². The SMILES string of the molecule is Cc1ccc2c(c1)nc(C(CN)C(C)C)n2C1CC1. The Hall–Kier alpha value is -1.35. The number of benzene rings is 1. The van der Waals surface area contributed by atoms with Crippen molar-refractivity contribution in [2.75, 3.05) is 6.54 Å². The Labute approximate surface area is 114 Å². The number of hydrogen-bond donors (Lipinski definition) is 1. The molecule has 1 saturated carbocycles. The Balaban J connectivity index is 2.19. The lowest BCUT2D eigenvalue weighted by atomic mass is 9.95. The Kier molecular flexibility index (Phi) is 3.09. The van der Waals surface area contributed by atoms with Crippen molar-refractivity contribution in [1.29, 1.82) is 0 Å². The number of aromatic nitrogens is 2. The maximum atomic E-state index is 5.99. The molecule has 1 aromatic carbocycles. The third-order valence-corrected chi connectivity index (χ3v) is 4.17. The molecular weight excluding hydrogens is 234 g/mol. The van der Waals surface area contributed by atoms with Crippen LogP contribution in [0.1, 0.15) is 50.0 Å². The first-order valence-electron chi connectivity index (χ1n) is 7.30. The van der Waals surface area contributed by atoms with Crippen molar-refractivity contribution in [2.45, 2.75) is 45.6 Å². The Morgan fingerprint density at radius 3 is 2.68 bits per heavy atom. The fourth-order valence-corrected chi connectivity index (χ4v) is 2.88. The highest BCUT2D eigenvalue weighted by molar-refractivity contribution is 5.77. The minimum absolute atomic E-state index is 0.355. The van der Waals surface area contributed by atoms with E-state index in [1.165, 1.54) is 29.7 Å². The molecule has 19 heavy (non-hydrogen) atoms. The van der Waals surface area contributed by atoms with Gasteiger partial charge in [-0.25, -0.2) is 4.98 Å². The topological polar surface area (TPSA) is 43.8 Å². The normalized spacial score (nSPS) is 17.3. The van der Waals surface area contributed by atoms with Crippen molar-refractivity contribution in [3.05, 3.63) is 29.6 Å². The summed E-state index contributed by atoms with van der Waals surface area (Å²) in [6, 6.07) is 7.23. The van der Waals surface area contributed by atoms with E-state index in [9.17, 15) is 0 Å². The van der Waals surface area contributed by atoms with Gasteiger partial charge in [-0.15, -0.1) is 0 Å². The largest absolute Gasteiger partial charge is 0.330 e. The van der Waals surface area contributed by atoms with Gasteiger partial charge in [0.05, 0.1) is 11.0 Å². The molecule has 1 atom stereocenters. The molecule has 0 radical (unpaired) electrons. The van der Waals surface area contributed by atoms with Gasteiger partial charge in [0.2, 0.25) is 0 Å². The lowest BCUT2D eigenvalue weighted by Gasteiger charge is -2.20. The molecule has 0 bridgehead atoms. The molecule has 1 fully saturated rings. The molecule has 3 heteroatoms. The zero-order valence-electron chi connectivity index (χ0n) is 12.1. The molecule has 0 amide bonds. The number of rotatable bonds is 4. The molecule has 1 aliphatic rings. The molecule has 1 aliphatic carbocycles. The van der Waals surface area contributed by atoms with Crippen molar-refractivity contribution >= 4 is 11.0 Å². The molecule has 2 aromatic rings. The van der Waals surface area contributed by atoms with Crippen LogP contribution in [0.25, 0.3) is 11.0 Å². The van der Waals surface area contributed by atoms with Crippen LogP contribution in [0.2, 0.25) is 0 Å². The van der Waals surface area contributed by atoms with Crippen LogP contribution in [0, 0.1) is 12.8 Å². The molecule has 3 rings (SSSR count). The Morgan fingerprint density at radius 2 is 2.11 bits per heavy atom. The van der Waals surface area contributed by atoms with E-state index in [0.29, 0.717) is 24.4 Å². The van der Waals surface area contributed by atoms with Gasteiger partial charge in [0.25, 0.3) is 0 Å². The average Bonchev–Trinajstić information content (AvgIpc) is 3.12. The summed E-state index contributed by atoms with van der Waals surface area (Å²) in [4.78, 5) is 4.91. The summed E-state index contributed by atoms with van der Waals surface area (Å²) in [5.74, 6) is 2.08. The van der Waals surface area contributed by atoms with Gasteiger partial charge in [0, 0.05) is 18.5 Å². The Bertz CT molecular complexity index is 593. The lowest BCUT2D eigenvalue weighted by Crippen LogP contribution is -2.21. The van der Waals surface area contributed by atoms with Crippen LogP contribution in [0.15, 0.2) is 18.2 Å². The molecule has 0 saturated heterocycles. The molecule has 0 aliphatic heterocycles. The Morgan fingerprint density at radius 1 is 1.37 bits per heavy atom. The van der Waals surface area contributed by atoms with Gasteiger partial charge in [0.1, 0.15) is 5.82 Å². The van der Waals surface area contributed by atoms with Gasteiger partial charge in [-0.2, -0.15) is 0 Å². The molecule has 0 spiro atoms. The zero-order valence-corrected chi connectivity index (χ0v) is 12.1. The van der Waals surface area contributed by atoms with Gasteiger partial charge in [0.15, 0.2) is 0 Å². The average molecular weight is 257 g/mol. The highest BCUT2D eigenvalue weighted by Gasteiger charge is 2.31. The number of nitrogens with two attached hydrogens (primary N) is 1. The van der Waals surface area contributed by atoms with Crippen molar-refractivity contribution in [3.8, 4) is 0 Å². The zero-order chi connectivity index (χ0) is 13.6. The fourth-order valence-electron chi connectivity index (χ4n) is 2.88. The number of hydrogen-bond acceptors (Lipinski definition) is 2. The summed E-state index contributed by atoms with van der Waals surface area (Å²) < 4.78 is 2.45. The maximum absolute atomic E-state index is 5.99. The molecule has 2 N–H and O–H groups in total. The van der Waals surface area contributed by atoms with Crippen molar-refractivity contribution in [3.63, 3.8) is 0 Å². The van der Waals surface area contributed by atoms with E-state index in [-0.39, 0.29) is 0 Å². The fraction of sp³-hybridized carbons (Fsp3) is 0.562. The molecule has 3 nitrogen and oxygen atoms in total. The van der Waals surface area contributed by atoms with Crippen LogP contribution in [-0.2, 0) is 0 Å². The molecule has 102 valence electrons. The van der Waals surface area contributed by atoms with Gasteiger partial charge in [-0.05, 0) is 43.4 Å². The predicted octanol–water partition coefficient (Wildman–Crippen LogP) is 3.38. The van der Waals surface area contributed by atoms with Crippen molar-refractivity contribution in [1.82, 2.24) is 9.55 Å². The van der Waals surface area contributed by atoms with Crippen LogP contribution in [0.3, 0.4) is 0 Å². The van der Waals surface area contributed by atoms with Gasteiger partial charge >= 0.3 is 0 Å².